The van der Waals surface area contributed by atoms with Crippen molar-refractivity contribution in [3.8, 4) is 0 Å². The summed E-state index contributed by atoms with van der Waals surface area (Å²) in [6, 6.07) is 3.78. The molecule has 2 unspecified atom stereocenters. The number of rotatable bonds is 3. The number of halogens is 3. The molecule has 1 aliphatic heterocycles. The van der Waals surface area contributed by atoms with Gasteiger partial charge < -0.3 is 15.7 Å². The maximum Gasteiger partial charge on any atom is 0.416 e. The first kappa shape index (κ1) is 21.5. The van der Waals surface area contributed by atoms with Crippen molar-refractivity contribution in [3.05, 3.63) is 34.9 Å². The van der Waals surface area contributed by atoms with Crippen LogP contribution in [0.4, 0.5) is 18.0 Å². The van der Waals surface area contributed by atoms with E-state index in [1.165, 1.54) is 17.0 Å². The van der Waals surface area contributed by atoms with Gasteiger partial charge in [0, 0.05) is 32.2 Å². The number of hydrogen-bond acceptors (Lipinski definition) is 3. The van der Waals surface area contributed by atoms with Crippen LogP contribution in [0.1, 0.15) is 50.4 Å². The second-order valence-corrected chi connectivity index (χ2v) is 8.15. The van der Waals surface area contributed by atoms with Crippen LogP contribution < -0.4 is 5.73 Å². The van der Waals surface area contributed by atoms with Gasteiger partial charge in [-0.1, -0.05) is 32.9 Å². The molecule has 1 amide bonds. The van der Waals surface area contributed by atoms with Crippen molar-refractivity contribution >= 4 is 6.09 Å². The van der Waals surface area contributed by atoms with E-state index in [9.17, 15) is 23.1 Å². The van der Waals surface area contributed by atoms with E-state index >= 15 is 0 Å². The second-order valence-electron chi connectivity index (χ2n) is 8.15. The highest BCUT2D eigenvalue weighted by atomic mass is 19.4. The summed E-state index contributed by atoms with van der Waals surface area (Å²) < 4.78 is 40.0. The third kappa shape index (κ3) is 4.73. The lowest BCUT2D eigenvalue weighted by Gasteiger charge is -2.47. The van der Waals surface area contributed by atoms with Crippen LogP contribution in [0.3, 0.4) is 0 Å². The molecular weight excluding hydrogens is 359 g/mol. The van der Waals surface area contributed by atoms with Crippen molar-refractivity contribution in [1.29, 1.82) is 0 Å². The lowest BCUT2D eigenvalue weighted by Crippen LogP contribution is -2.59. The SMILES string of the molecule is CC(c1ccc(CN)c(C(F)(F)F)c1)N1CCN(C(=O)O)C(C(C)(C)C)C1. The molecule has 1 saturated heterocycles. The van der Waals surface area contributed by atoms with Crippen molar-refractivity contribution in [1.82, 2.24) is 9.80 Å². The zero-order valence-electron chi connectivity index (χ0n) is 16.2. The van der Waals surface area contributed by atoms with Gasteiger partial charge in [0.15, 0.2) is 0 Å². The van der Waals surface area contributed by atoms with Gasteiger partial charge in [0.1, 0.15) is 0 Å². The molecule has 0 bridgehead atoms. The Kier molecular flexibility index (Phi) is 6.11. The van der Waals surface area contributed by atoms with Crippen molar-refractivity contribution in [2.45, 2.75) is 52.5 Å². The minimum absolute atomic E-state index is 0.0710. The van der Waals surface area contributed by atoms with E-state index in [0.717, 1.165) is 0 Å². The molecule has 0 aromatic heterocycles. The molecule has 1 aromatic carbocycles. The normalized spacial score (nSPS) is 20.6. The highest BCUT2D eigenvalue weighted by Crippen LogP contribution is 2.36. The molecule has 1 aliphatic rings. The topological polar surface area (TPSA) is 69.8 Å². The van der Waals surface area contributed by atoms with Gasteiger partial charge in [0.2, 0.25) is 0 Å². The lowest BCUT2D eigenvalue weighted by molar-refractivity contribution is -0.138. The molecule has 0 aliphatic carbocycles. The minimum Gasteiger partial charge on any atom is -0.465 e. The van der Waals surface area contributed by atoms with Gasteiger partial charge >= 0.3 is 12.3 Å². The van der Waals surface area contributed by atoms with Crippen LogP contribution in [0.2, 0.25) is 0 Å². The summed E-state index contributed by atoms with van der Waals surface area (Å²) in [6.07, 6.45) is -5.42. The maximum absolute atomic E-state index is 13.3. The molecule has 0 radical (unpaired) electrons. The van der Waals surface area contributed by atoms with Crippen LogP contribution in [-0.4, -0.2) is 46.7 Å². The summed E-state index contributed by atoms with van der Waals surface area (Å²) in [5.41, 5.74) is 5.09. The Bertz CT molecular complexity index is 686. The molecule has 1 heterocycles. The Labute approximate surface area is 157 Å². The first-order valence-corrected chi connectivity index (χ1v) is 9.00. The van der Waals surface area contributed by atoms with E-state index < -0.39 is 17.8 Å². The van der Waals surface area contributed by atoms with Crippen molar-refractivity contribution < 1.29 is 23.1 Å². The number of carbonyl (C=O) groups is 1. The Morgan fingerprint density at radius 1 is 1.30 bits per heavy atom. The fourth-order valence-corrected chi connectivity index (χ4v) is 3.63. The molecule has 8 heteroatoms. The Balaban J connectivity index is 2.30. The average molecular weight is 387 g/mol. The summed E-state index contributed by atoms with van der Waals surface area (Å²) in [4.78, 5) is 15.0. The molecule has 2 rings (SSSR count). The quantitative estimate of drug-likeness (QED) is 0.824. The lowest BCUT2D eigenvalue weighted by atomic mass is 9.83. The first-order valence-electron chi connectivity index (χ1n) is 9.00. The number of benzene rings is 1. The third-order valence-corrected chi connectivity index (χ3v) is 5.35. The van der Waals surface area contributed by atoms with Crippen LogP contribution in [0, 0.1) is 5.41 Å². The summed E-state index contributed by atoms with van der Waals surface area (Å²) >= 11 is 0. The van der Waals surface area contributed by atoms with E-state index in [1.54, 1.807) is 6.07 Å². The van der Waals surface area contributed by atoms with Gasteiger partial charge in [-0.3, -0.25) is 4.90 Å². The average Bonchev–Trinajstić information content (AvgIpc) is 2.58. The largest absolute Gasteiger partial charge is 0.465 e. The Hall–Kier alpha value is -1.80. The van der Waals surface area contributed by atoms with Gasteiger partial charge in [0.25, 0.3) is 0 Å². The fraction of sp³-hybridized carbons (Fsp3) is 0.632. The number of hydrogen-bond donors (Lipinski definition) is 2. The predicted octanol–water partition coefficient (Wildman–Crippen LogP) is 3.94. The summed E-state index contributed by atoms with van der Waals surface area (Å²) in [5.74, 6) is 0. The van der Waals surface area contributed by atoms with Crippen molar-refractivity contribution in [2.24, 2.45) is 11.1 Å². The molecule has 5 nitrogen and oxygen atoms in total. The molecule has 0 saturated carbocycles. The Morgan fingerprint density at radius 2 is 1.93 bits per heavy atom. The number of nitrogens with two attached hydrogens (primary N) is 1. The second kappa shape index (κ2) is 7.67. The van der Waals surface area contributed by atoms with Gasteiger partial charge in [0.05, 0.1) is 11.6 Å². The van der Waals surface area contributed by atoms with Gasteiger partial charge in [-0.2, -0.15) is 13.2 Å². The van der Waals surface area contributed by atoms with Gasteiger partial charge in [-0.05, 0) is 29.5 Å². The van der Waals surface area contributed by atoms with Crippen LogP contribution in [0.25, 0.3) is 0 Å². The zero-order valence-corrected chi connectivity index (χ0v) is 16.2. The van der Waals surface area contributed by atoms with Crippen LogP contribution in [0.5, 0.6) is 0 Å². The number of nitrogens with zero attached hydrogens (tertiary/aromatic N) is 2. The third-order valence-electron chi connectivity index (χ3n) is 5.35. The highest BCUT2D eigenvalue weighted by Gasteiger charge is 2.40. The van der Waals surface area contributed by atoms with E-state index in [-0.39, 0.29) is 29.6 Å². The summed E-state index contributed by atoms with van der Waals surface area (Å²) in [6.45, 7) is 8.87. The molecule has 1 fully saturated rings. The maximum atomic E-state index is 13.3. The van der Waals surface area contributed by atoms with Gasteiger partial charge in [-0.25, -0.2) is 4.79 Å². The highest BCUT2D eigenvalue weighted by molar-refractivity contribution is 5.65. The molecule has 0 spiro atoms. The first-order chi connectivity index (χ1) is 12.4. The number of alkyl halides is 3. The number of amides is 1. The predicted molar refractivity (Wildman–Crippen MR) is 97.3 cm³/mol. The Morgan fingerprint density at radius 3 is 2.41 bits per heavy atom. The minimum atomic E-state index is -4.46. The van der Waals surface area contributed by atoms with E-state index in [0.29, 0.717) is 25.2 Å². The van der Waals surface area contributed by atoms with Gasteiger partial charge in [-0.15, -0.1) is 0 Å². The fourth-order valence-electron chi connectivity index (χ4n) is 3.63. The monoisotopic (exact) mass is 387 g/mol. The molecule has 152 valence electrons. The van der Waals surface area contributed by atoms with E-state index in [1.807, 2.05) is 32.6 Å². The van der Waals surface area contributed by atoms with Crippen molar-refractivity contribution in [2.75, 3.05) is 19.6 Å². The summed E-state index contributed by atoms with van der Waals surface area (Å²) in [7, 11) is 0. The molecule has 2 atom stereocenters. The molecule has 3 N–H and O–H groups in total. The number of carboxylic acid groups (broad SMARTS) is 1. The van der Waals surface area contributed by atoms with Crippen LogP contribution in [-0.2, 0) is 12.7 Å². The van der Waals surface area contributed by atoms with Crippen LogP contribution in [0.15, 0.2) is 18.2 Å². The van der Waals surface area contributed by atoms with Crippen molar-refractivity contribution in [3.63, 3.8) is 0 Å². The standard InChI is InChI=1S/C19H28F3N3O2/c1-12(13-5-6-14(10-23)15(9-13)19(20,21)22)24-7-8-25(17(26)27)16(11-24)18(2,3)4/h5-6,9,12,16H,7-8,10-11,23H2,1-4H3,(H,26,27). The number of piperazine rings is 1. The molecule has 27 heavy (non-hydrogen) atoms. The molecular formula is C19H28F3N3O2. The summed E-state index contributed by atoms with van der Waals surface area (Å²) in [5, 5.41) is 9.47. The van der Waals surface area contributed by atoms with E-state index in [4.69, 9.17) is 5.73 Å². The van der Waals surface area contributed by atoms with E-state index in [2.05, 4.69) is 0 Å². The zero-order chi connectivity index (χ0) is 20.6. The van der Waals surface area contributed by atoms with Crippen LogP contribution >= 0.6 is 0 Å². The molecule has 1 aromatic rings. The smallest absolute Gasteiger partial charge is 0.416 e.